The molecular weight excluding hydrogens is 320 g/mol. The van der Waals surface area contributed by atoms with Gasteiger partial charge in [0.15, 0.2) is 6.61 Å². The fraction of sp³-hybridized carbons (Fsp3) is 0.316. The van der Waals surface area contributed by atoms with Crippen LogP contribution in [0.2, 0.25) is 0 Å². The molecule has 0 fully saturated rings. The first-order valence-electron chi connectivity index (χ1n) is 7.88. The van der Waals surface area contributed by atoms with Crippen LogP contribution in [0, 0.1) is 25.2 Å². The van der Waals surface area contributed by atoms with Crippen LogP contribution in [-0.2, 0) is 0 Å². The van der Waals surface area contributed by atoms with Crippen LogP contribution < -0.4 is 10.3 Å². The van der Waals surface area contributed by atoms with Crippen molar-refractivity contribution in [3.63, 3.8) is 0 Å². The average Bonchev–Trinajstić information content (AvgIpc) is 2.53. The minimum Gasteiger partial charge on any atom is -0.494 e. The van der Waals surface area contributed by atoms with Gasteiger partial charge in [0.25, 0.3) is 5.56 Å². The summed E-state index contributed by atoms with van der Waals surface area (Å²) >= 11 is 0. The van der Waals surface area contributed by atoms with Crippen LogP contribution in [-0.4, -0.2) is 22.1 Å². The molecule has 0 saturated carbocycles. The number of hydrogen-bond donors (Lipinski definition) is 1. The molecule has 6 nitrogen and oxygen atoms in total. The van der Waals surface area contributed by atoms with Gasteiger partial charge in [-0.05, 0) is 51.0 Å². The molecular formula is C19H20N2O4. The first-order chi connectivity index (χ1) is 11.8. The van der Waals surface area contributed by atoms with Crippen LogP contribution in [0.1, 0.15) is 46.9 Å². The SMILES string of the molecule is Cc1cccc(OCC(=O)c2c(C)c(C#N)c(=O)n(C(C)C)c2O)c1. The molecule has 0 amide bonds. The standard InChI is InChI=1S/C19H20N2O4/c1-11(2)21-18(23)15(9-20)13(4)17(19(21)24)16(22)10-25-14-7-5-6-12(3)8-14/h5-8,11,24H,10H2,1-4H3. The van der Waals surface area contributed by atoms with Gasteiger partial charge in [0.05, 0.1) is 5.56 Å². The van der Waals surface area contributed by atoms with E-state index in [4.69, 9.17) is 4.74 Å². The van der Waals surface area contributed by atoms with Crippen molar-refractivity contribution < 1.29 is 14.6 Å². The summed E-state index contributed by atoms with van der Waals surface area (Å²) in [5, 5.41) is 19.7. The summed E-state index contributed by atoms with van der Waals surface area (Å²) in [6, 6.07) is 8.65. The van der Waals surface area contributed by atoms with Crippen LogP contribution in [0.3, 0.4) is 0 Å². The number of carbonyl (C=O) groups excluding carboxylic acids is 1. The zero-order valence-corrected chi connectivity index (χ0v) is 14.7. The summed E-state index contributed by atoms with van der Waals surface area (Å²) in [4.78, 5) is 24.9. The summed E-state index contributed by atoms with van der Waals surface area (Å²) in [5.41, 5.74) is 0.343. The molecule has 25 heavy (non-hydrogen) atoms. The highest BCUT2D eigenvalue weighted by atomic mass is 16.5. The van der Waals surface area contributed by atoms with Crippen molar-refractivity contribution in [2.24, 2.45) is 0 Å². The number of rotatable bonds is 5. The van der Waals surface area contributed by atoms with E-state index in [1.165, 1.54) is 6.92 Å². The molecule has 0 aliphatic rings. The van der Waals surface area contributed by atoms with Crippen molar-refractivity contribution in [3.05, 3.63) is 56.9 Å². The van der Waals surface area contributed by atoms with Crippen LogP contribution >= 0.6 is 0 Å². The van der Waals surface area contributed by atoms with E-state index in [9.17, 15) is 20.0 Å². The number of carbonyl (C=O) groups is 1. The summed E-state index contributed by atoms with van der Waals surface area (Å²) in [6.45, 7) is 6.45. The summed E-state index contributed by atoms with van der Waals surface area (Å²) in [7, 11) is 0. The van der Waals surface area contributed by atoms with E-state index in [2.05, 4.69) is 0 Å². The Bertz CT molecular complexity index is 920. The molecule has 130 valence electrons. The maximum absolute atomic E-state index is 12.6. The third-order valence-corrected chi connectivity index (χ3v) is 3.90. The molecule has 0 unspecified atom stereocenters. The predicted molar refractivity (Wildman–Crippen MR) is 93.2 cm³/mol. The molecule has 0 radical (unpaired) electrons. The maximum Gasteiger partial charge on any atom is 0.271 e. The zero-order chi connectivity index (χ0) is 18.7. The van der Waals surface area contributed by atoms with Crippen molar-refractivity contribution >= 4 is 5.78 Å². The van der Waals surface area contributed by atoms with Crippen molar-refractivity contribution in [2.45, 2.75) is 33.7 Å². The van der Waals surface area contributed by atoms with Gasteiger partial charge in [-0.3, -0.25) is 14.2 Å². The quantitative estimate of drug-likeness (QED) is 0.845. The van der Waals surface area contributed by atoms with E-state index in [1.54, 1.807) is 26.0 Å². The molecule has 0 bridgehead atoms. The molecule has 1 heterocycles. The third kappa shape index (κ3) is 3.56. The second-order valence-electron chi connectivity index (χ2n) is 6.11. The maximum atomic E-state index is 12.6. The van der Waals surface area contributed by atoms with E-state index in [0.717, 1.165) is 10.1 Å². The minimum absolute atomic E-state index is 0.0579. The highest BCUT2D eigenvalue weighted by Crippen LogP contribution is 2.25. The predicted octanol–water partition coefficient (Wildman–Crippen LogP) is 2.89. The van der Waals surface area contributed by atoms with Gasteiger partial charge in [-0.15, -0.1) is 0 Å². The number of aromatic nitrogens is 1. The number of pyridine rings is 1. The van der Waals surface area contributed by atoms with Crippen LogP contribution in [0.4, 0.5) is 0 Å². The number of nitriles is 1. The largest absolute Gasteiger partial charge is 0.494 e. The Morgan fingerprint density at radius 2 is 2.04 bits per heavy atom. The van der Waals surface area contributed by atoms with Gasteiger partial charge in [0, 0.05) is 6.04 Å². The van der Waals surface area contributed by atoms with Gasteiger partial charge in [0.2, 0.25) is 11.7 Å². The molecule has 1 aromatic heterocycles. The molecule has 0 aliphatic heterocycles. The molecule has 2 rings (SSSR count). The fourth-order valence-electron chi connectivity index (χ4n) is 2.66. The fourth-order valence-corrected chi connectivity index (χ4v) is 2.66. The smallest absolute Gasteiger partial charge is 0.271 e. The van der Waals surface area contributed by atoms with Gasteiger partial charge in [-0.1, -0.05) is 12.1 Å². The Kier molecular flexibility index (Phi) is 5.28. The number of ketones is 1. The van der Waals surface area contributed by atoms with Gasteiger partial charge < -0.3 is 9.84 Å². The average molecular weight is 340 g/mol. The molecule has 2 aromatic rings. The van der Waals surface area contributed by atoms with Gasteiger partial charge in [0.1, 0.15) is 17.4 Å². The number of aryl methyl sites for hydroxylation is 1. The van der Waals surface area contributed by atoms with E-state index in [-0.39, 0.29) is 23.3 Å². The van der Waals surface area contributed by atoms with Crippen molar-refractivity contribution in [3.8, 4) is 17.7 Å². The Labute approximate surface area is 145 Å². The van der Waals surface area contributed by atoms with Crippen molar-refractivity contribution in [1.29, 1.82) is 5.26 Å². The van der Waals surface area contributed by atoms with Crippen LogP contribution in [0.15, 0.2) is 29.1 Å². The summed E-state index contributed by atoms with van der Waals surface area (Å²) < 4.78 is 6.53. The summed E-state index contributed by atoms with van der Waals surface area (Å²) in [6.07, 6.45) is 0. The normalized spacial score (nSPS) is 10.6. The first kappa shape index (κ1) is 18.3. The van der Waals surface area contributed by atoms with E-state index >= 15 is 0 Å². The molecule has 0 aliphatic carbocycles. The van der Waals surface area contributed by atoms with Crippen LogP contribution in [0.25, 0.3) is 0 Å². The van der Waals surface area contributed by atoms with Crippen molar-refractivity contribution in [1.82, 2.24) is 4.57 Å². The number of Topliss-reactive ketones (excluding diaryl/α,β-unsaturated/α-hetero) is 1. The third-order valence-electron chi connectivity index (χ3n) is 3.90. The minimum atomic E-state index is -0.608. The monoisotopic (exact) mass is 340 g/mol. The van der Waals surface area contributed by atoms with E-state index < -0.39 is 23.3 Å². The van der Waals surface area contributed by atoms with Crippen molar-refractivity contribution in [2.75, 3.05) is 6.61 Å². The highest BCUT2D eigenvalue weighted by Gasteiger charge is 2.25. The molecule has 1 aromatic carbocycles. The van der Waals surface area contributed by atoms with Gasteiger partial charge >= 0.3 is 0 Å². The zero-order valence-electron chi connectivity index (χ0n) is 14.7. The number of aromatic hydroxyl groups is 1. The topological polar surface area (TPSA) is 92.3 Å². The molecule has 0 atom stereocenters. The number of hydrogen-bond acceptors (Lipinski definition) is 5. The lowest BCUT2D eigenvalue weighted by Gasteiger charge is -2.18. The molecule has 1 N–H and O–H groups in total. The van der Waals surface area contributed by atoms with Gasteiger partial charge in [-0.25, -0.2) is 0 Å². The Morgan fingerprint density at radius 1 is 1.36 bits per heavy atom. The first-order valence-corrected chi connectivity index (χ1v) is 7.88. The molecule has 0 spiro atoms. The van der Waals surface area contributed by atoms with E-state index in [1.807, 2.05) is 25.1 Å². The number of ether oxygens (including phenoxy) is 1. The lowest BCUT2D eigenvalue weighted by Crippen LogP contribution is -2.28. The second-order valence-corrected chi connectivity index (χ2v) is 6.11. The Hall–Kier alpha value is -3.07. The number of benzene rings is 1. The molecule has 6 heteroatoms. The van der Waals surface area contributed by atoms with E-state index in [0.29, 0.717) is 5.75 Å². The van der Waals surface area contributed by atoms with Crippen LogP contribution in [0.5, 0.6) is 11.6 Å². The molecule has 0 saturated heterocycles. The number of nitrogens with zero attached hydrogens (tertiary/aromatic N) is 2. The summed E-state index contributed by atoms with van der Waals surface area (Å²) in [5.74, 6) is -0.403. The highest BCUT2D eigenvalue weighted by molar-refractivity contribution is 6.01. The lowest BCUT2D eigenvalue weighted by molar-refractivity contribution is 0.0916. The Morgan fingerprint density at radius 3 is 2.60 bits per heavy atom. The van der Waals surface area contributed by atoms with Gasteiger partial charge in [-0.2, -0.15) is 5.26 Å². The Balaban J connectivity index is 2.44. The second kappa shape index (κ2) is 7.22. The lowest BCUT2D eigenvalue weighted by atomic mass is 10.0.